The molecular weight excluding hydrogens is 240 g/mol. The average molecular weight is 256 g/mol. The maximum Gasteiger partial charge on any atom is 0.274 e. The van der Waals surface area contributed by atoms with Gasteiger partial charge in [0.1, 0.15) is 5.75 Å². The number of nitrogens with two attached hydrogens (primary N) is 1. The first-order valence-electron chi connectivity index (χ1n) is 5.47. The van der Waals surface area contributed by atoms with Gasteiger partial charge in [0.25, 0.3) is 10.2 Å². The highest BCUT2D eigenvalue weighted by Crippen LogP contribution is 2.35. The van der Waals surface area contributed by atoms with E-state index in [-0.39, 0.29) is 6.04 Å². The zero-order valence-electron chi connectivity index (χ0n) is 9.64. The molecular formula is C11H16N2O3S. The highest BCUT2D eigenvalue weighted by Gasteiger charge is 2.24. The van der Waals surface area contributed by atoms with Crippen molar-refractivity contribution in [3.8, 4) is 5.75 Å². The highest BCUT2D eigenvalue weighted by molar-refractivity contribution is 7.87. The summed E-state index contributed by atoms with van der Waals surface area (Å²) in [5, 5.41) is 5.02. The molecule has 0 saturated heterocycles. The normalized spacial score (nSPS) is 19.8. The summed E-state index contributed by atoms with van der Waals surface area (Å²) in [6.07, 6.45) is 2.58. The summed E-state index contributed by atoms with van der Waals surface area (Å²) in [4.78, 5) is 0. The Morgan fingerprint density at radius 1 is 1.47 bits per heavy atom. The number of benzene rings is 1. The molecule has 1 atom stereocenters. The van der Waals surface area contributed by atoms with Gasteiger partial charge in [0.15, 0.2) is 0 Å². The molecule has 1 aliphatic rings. The van der Waals surface area contributed by atoms with Crippen molar-refractivity contribution in [2.75, 3.05) is 7.11 Å². The first kappa shape index (κ1) is 12.3. The Morgan fingerprint density at radius 3 is 2.88 bits per heavy atom. The lowest BCUT2D eigenvalue weighted by Gasteiger charge is -2.26. The molecule has 0 aromatic heterocycles. The predicted molar refractivity (Wildman–Crippen MR) is 64.9 cm³/mol. The predicted octanol–water partition coefficient (Wildman–Crippen LogP) is 0.866. The maximum atomic E-state index is 11.1. The van der Waals surface area contributed by atoms with Gasteiger partial charge in [-0.15, -0.1) is 0 Å². The minimum absolute atomic E-state index is 0.246. The Balaban J connectivity index is 2.38. The molecule has 1 unspecified atom stereocenters. The third-order valence-corrected chi connectivity index (χ3v) is 3.60. The van der Waals surface area contributed by atoms with Crippen molar-refractivity contribution in [1.29, 1.82) is 0 Å². The van der Waals surface area contributed by atoms with Crippen LogP contribution in [-0.2, 0) is 16.6 Å². The summed E-state index contributed by atoms with van der Waals surface area (Å²) in [6, 6.07) is 5.42. The molecule has 0 aliphatic heterocycles. The first-order valence-corrected chi connectivity index (χ1v) is 7.02. The number of ether oxygens (including phenoxy) is 1. The SMILES string of the molecule is COc1cccc2c1CCCC2NS(N)(=O)=O. The van der Waals surface area contributed by atoms with Crippen molar-refractivity contribution >= 4 is 10.2 Å². The molecule has 6 heteroatoms. The van der Waals surface area contributed by atoms with Crippen molar-refractivity contribution in [3.63, 3.8) is 0 Å². The number of rotatable bonds is 3. The third kappa shape index (κ3) is 2.77. The Morgan fingerprint density at radius 2 is 2.24 bits per heavy atom. The Labute approximate surface area is 101 Å². The van der Waals surface area contributed by atoms with Gasteiger partial charge in [-0.2, -0.15) is 13.1 Å². The van der Waals surface area contributed by atoms with Gasteiger partial charge >= 0.3 is 0 Å². The second kappa shape index (κ2) is 4.64. The van der Waals surface area contributed by atoms with Gasteiger partial charge in [-0.25, -0.2) is 5.14 Å². The van der Waals surface area contributed by atoms with Crippen LogP contribution in [0.4, 0.5) is 0 Å². The smallest absolute Gasteiger partial charge is 0.274 e. The van der Waals surface area contributed by atoms with Crippen LogP contribution in [0.3, 0.4) is 0 Å². The molecule has 0 heterocycles. The lowest BCUT2D eigenvalue weighted by molar-refractivity contribution is 0.401. The molecule has 5 nitrogen and oxygen atoms in total. The van der Waals surface area contributed by atoms with Crippen LogP contribution < -0.4 is 14.6 Å². The van der Waals surface area contributed by atoms with Crippen LogP contribution in [0.5, 0.6) is 5.75 Å². The molecule has 0 saturated carbocycles. The zero-order valence-corrected chi connectivity index (χ0v) is 10.5. The van der Waals surface area contributed by atoms with E-state index in [1.165, 1.54) is 0 Å². The van der Waals surface area contributed by atoms with Crippen LogP contribution in [0.15, 0.2) is 18.2 Å². The molecule has 1 aromatic carbocycles. The van der Waals surface area contributed by atoms with Gasteiger partial charge in [0.2, 0.25) is 0 Å². The van der Waals surface area contributed by atoms with E-state index in [2.05, 4.69) is 4.72 Å². The van der Waals surface area contributed by atoms with Gasteiger partial charge in [-0.1, -0.05) is 12.1 Å². The topological polar surface area (TPSA) is 81.4 Å². The van der Waals surface area contributed by atoms with E-state index < -0.39 is 10.2 Å². The lowest BCUT2D eigenvalue weighted by atomic mass is 9.87. The van der Waals surface area contributed by atoms with Gasteiger partial charge in [0.05, 0.1) is 7.11 Å². The third-order valence-electron chi connectivity index (χ3n) is 2.99. The number of methoxy groups -OCH3 is 1. The van der Waals surface area contributed by atoms with E-state index >= 15 is 0 Å². The fourth-order valence-corrected chi connectivity index (χ4v) is 2.97. The fourth-order valence-electron chi connectivity index (χ4n) is 2.33. The number of hydrogen-bond donors (Lipinski definition) is 2. The molecule has 94 valence electrons. The molecule has 0 bridgehead atoms. The molecule has 1 aliphatic carbocycles. The summed E-state index contributed by atoms with van der Waals surface area (Å²) in [5.74, 6) is 0.809. The minimum atomic E-state index is -3.68. The summed E-state index contributed by atoms with van der Waals surface area (Å²) < 4.78 is 29.9. The number of nitrogens with one attached hydrogen (secondary N) is 1. The molecule has 0 spiro atoms. The van der Waals surface area contributed by atoms with Crippen LogP contribution in [0.25, 0.3) is 0 Å². The average Bonchev–Trinajstić information content (AvgIpc) is 2.27. The molecule has 2 rings (SSSR count). The van der Waals surface area contributed by atoms with Gasteiger partial charge in [-0.05, 0) is 36.5 Å². The van der Waals surface area contributed by atoms with E-state index in [0.717, 1.165) is 36.1 Å². The van der Waals surface area contributed by atoms with Crippen LogP contribution in [0.1, 0.15) is 30.0 Å². The van der Waals surface area contributed by atoms with Crippen molar-refractivity contribution < 1.29 is 13.2 Å². The van der Waals surface area contributed by atoms with E-state index in [1.54, 1.807) is 7.11 Å². The maximum absolute atomic E-state index is 11.1. The largest absolute Gasteiger partial charge is 0.496 e. The van der Waals surface area contributed by atoms with Crippen molar-refractivity contribution in [3.05, 3.63) is 29.3 Å². The quantitative estimate of drug-likeness (QED) is 0.841. The van der Waals surface area contributed by atoms with Crippen molar-refractivity contribution in [2.24, 2.45) is 5.14 Å². The van der Waals surface area contributed by atoms with E-state index in [1.807, 2.05) is 18.2 Å². The van der Waals surface area contributed by atoms with Crippen LogP contribution in [0, 0.1) is 0 Å². The second-order valence-electron chi connectivity index (χ2n) is 4.14. The molecule has 1 aromatic rings. The fraction of sp³-hybridized carbons (Fsp3) is 0.455. The first-order chi connectivity index (χ1) is 8.01. The summed E-state index contributed by atoms with van der Waals surface area (Å²) in [6.45, 7) is 0. The van der Waals surface area contributed by atoms with Gasteiger partial charge < -0.3 is 4.74 Å². The molecule has 17 heavy (non-hydrogen) atoms. The van der Waals surface area contributed by atoms with Gasteiger partial charge in [-0.3, -0.25) is 0 Å². The van der Waals surface area contributed by atoms with E-state index in [9.17, 15) is 8.42 Å². The zero-order chi connectivity index (χ0) is 12.5. The molecule has 3 N–H and O–H groups in total. The van der Waals surface area contributed by atoms with Crippen molar-refractivity contribution in [2.45, 2.75) is 25.3 Å². The minimum Gasteiger partial charge on any atom is -0.496 e. The van der Waals surface area contributed by atoms with Gasteiger partial charge in [0, 0.05) is 6.04 Å². The summed E-state index contributed by atoms with van der Waals surface area (Å²) in [7, 11) is -2.06. The summed E-state index contributed by atoms with van der Waals surface area (Å²) in [5.41, 5.74) is 2.03. The lowest BCUT2D eigenvalue weighted by Crippen LogP contribution is -2.35. The Hall–Kier alpha value is -1.11. The van der Waals surface area contributed by atoms with Crippen LogP contribution in [0.2, 0.25) is 0 Å². The Kier molecular flexibility index (Phi) is 3.37. The molecule has 0 radical (unpaired) electrons. The number of fused-ring (bicyclic) bond motifs is 1. The van der Waals surface area contributed by atoms with Crippen LogP contribution >= 0.6 is 0 Å². The standard InChI is InChI=1S/C11H16N2O3S/c1-16-11-7-3-4-8-9(11)5-2-6-10(8)13-17(12,14)15/h3-4,7,10,13H,2,5-6H2,1H3,(H2,12,14,15). The van der Waals surface area contributed by atoms with Crippen LogP contribution in [-0.4, -0.2) is 15.5 Å². The van der Waals surface area contributed by atoms with E-state index in [4.69, 9.17) is 9.88 Å². The Bertz CT molecular complexity index is 513. The monoisotopic (exact) mass is 256 g/mol. The molecule has 0 fully saturated rings. The second-order valence-corrected chi connectivity index (χ2v) is 5.46. The summed E-state index contributed by atoms with van der Waals surface area (Å²) >= 11 is 0. The molecule has 0 amide bonds. The van der Waals surface area contributed by atoms with Crippen molar-refractivity contribution in [1.82, 2.24) is 4.72 Å². The van der Waals surface area contributed by atoms with E-state index in [0.29, 0.717) is 0 Å². The highest BCUT2D eigenvalue weighted by atomic mass is 32.2. The number of hydrogen-bond acceptors (Lipinski definition) is 3.